The first-order chi connectivity index (χ1) is 6.88. The maximum absolute atomic E-state index is 5.27. The number of ether oxygens (including phenoxy) is 1. The third-order valence-corrected chi connectivity index (χ3v) is 2.77. The number of thioether (sulfide) groups is 1. The minimum atomic E-state index is 0.402. The van der Waals surface area contributed by atoms with E-state index in [4.69, 9.17) is 4.74 Å². The molecule has 1 aromatic heterocycles. The highest BCUT2D eigenvalue weighted by molar-refractivity contribution is 7.98. The molecule has 1 unspecified atom stereocenters. The summed E-state index contributed by atoms with van der Waals surface area (Å²) >= 11 is 1.62. The first-order valence-corrected chi connectivity index (χ1v) is 5.81. The highest BCUT2D eigenvalue weighted by atomic mass is 32.2. The topological polar surface area (TPSA) is 47.0 Å². The number of anilines is 1. The lowest BCUT2D eigenvalue weighted by Crippen LogP contribution is -2.19. The normalized spacial score (nSPS) is 21.1. The molecular weight excluding hydrogens is 198 g/mol. The molecule has 0 radical (unpaired) electrons. The zero-order chi connectivity index (χ0) is 9.80. The molecule has 2 rings (SSSR count). The molecule has 1 fully saturated rings. The monoisotopic (exact) mass is 211 g/mol. The van der Waals surface area contributed by atoms with Gasteiger partial charge < -0.3 is 10.1 Å². The SMILES string of the molecule is CSc1cc(NC2CCOC2)ncn1. The van der Waals surface area contributed by atoms with Crippen molar-refractivity contribution in [2.45, 2.75) is 17.5 Å². The maximum Gasteiger partial charge on any atom is 0.130 e. The second kappa shape index (κ2) is 4.61. The lowest BCUT2D eigenvalue weighted by Gasteiger charge is -2.10. The van der Waals surface area contributed by atoms with Gasteiger partial charge in [-0.25, -0.2) is 9.97 Å². The number of hydrogen-bond acceptors (Lipinski definition) is 5. The number of nitrogens with zero attached hydrogens (tertiary/aromatic N) is 2. The molecule has 0 aromatic carbocycles. The fourth-order valence-electron chi connectivity index (χ4n) is 1.39. The van der Waals surface area contributed by atoms with Crippen LogP contribution in [0.5, 0.6) is 0 Å². The third-order valence-electron chi connectivity index (χ3n) is 2.13. The number of rotatable bonds is 3. The van der Waals surface area contributed by atoms with Crippen molar-refractivity contribution in [3.05, 3.63) is 12.4 Å². The number of aromatic nitrogens is 2. The van der Waals surface area contributed by atoms with Gasteiger partial charge in [-0.3, -0.25) is 0 Å². The Morgan fingerprint density at radius 3 is 3.21 bits per heavy atom. The average molecular weight is 211 g/mol. The van der Waals surface area contributed by atoms with Crippen molar-refractivity contribution in [3.8, 4) is 0 Å². The summed E-state index contributed by atoms with van der Waals surface area (Å²) in [6.07, 6.45) is 4.65. The molecule has 1 aromatic rings. The molecule has 14 heavy (non-hydrogen) atoms. The lowest BCUT2D eigenvalue weighted by atomic mass is 10.2. The van der Waals surface area contributed by atoms with Crippen LogP contribution in [0.25, 0.3) is 0 Å². The second-order valence-electron chi connectivity index (χ2n) is 3.15. The Labute approximate surface area is 87.5 Å². The smallest absolute Gasteiger partial charge is 0.130 e. The van der Waals surface area contributed by atoms with Crippen LogP contribution in [-0.4, -0.2) is 35.5 Å². The summed E-state index contributed by atoms with van der Waals surface area (Å²) in [5.41, 5.74) is 0. The summed E-state index contributed by atoms with van der Waals surface area (Å²) in [5.74, 6) is 0.889. The molecule has 76 valence electrons. The lowest BCUT2D eigenvalue weighted by molar-refractivity contribution is 0.195. The van der Waals surface area contributed by atoms with Crippen molar-refractivity contribution in [3.63, 3.8) is 0 Å². The Balaban J connectivity index is 2.00. The van der Waals surface area contributed by atoms with Crippen molar-refractivity contribution in [2.75, 3.05) is 24.8 Å². The number of nitrogens with one attached hydrogen (secondary N) is 1. The Kier molecular flexibility index (Phi) is 3.21. The van der Waals surface area contributed by atoms with Gasteiger partial charge in [0.15, 0.2) is 0 Å². The molecular formula is C9H13N3OS. The van der Waals surface area contributed by atoms with E-state index in [9.17, 15) is 0 Å². The fraction of sp³-hybridized carbons (Fsp3) is 0.556. The summed E-state index contributed by atoms with van der Waals surface area (Å²) in [6.45, 7) is 1.62. The van der Waals surface area contributed by atoms with Crippen LogP contribution in [0.4, 0.5) is 5.82 Å². The molecule has 4 nitrogen and oxygen atoms in total. The van der Waals surface area contributed by atoms with Crippen LogP contribution in [0.3, 0.4) is 0 Å². The third kappa shape index (κ3) is 2.36. The zero-order valence-electron chi connectivity index (χ0n) is 8.06. The predicted octanol–water partition coefficient (Wildman–Crippen LogP) is 1.40. The summed E-state index contributed by atoms with van der Waals surface area (Å²) in [5, 5.41) is 4.31. The Bertz CT molecular complexity index is 302. The van der Waals surface area contributed by atoms with E-state index in [1.165, 1.54) is 0 Å². The van der Waals surface area contributed by atoms with E-state index >= 15 is 0 Å². The van der Waals surface area contributed by atoms with Crippen molar-refractivity contribution < 1.29 is 4.74 Å². The van der Waals surface area contributed by atoms with Crippen LogP contribution < -0.4 is 5.32 Å². The van der Waals surface area contributed by atoms with E-state index in [-0.39, 0.29) is 0 Å². The Morgan fingerprint density at radius 2 is 2.50 bits per heavy atom. The summed E-state index contributed by atoms with van der Waals surface area (Å²) in [4.78, 5) is 8.27. The Morgan fingerprint density at radius 1 is 1.57 bits per heavy atom. The van der Waals surface area contributed by atoms with Crippen LogP contribution in [-0.2, 0) is 4.74 Å². The fourth-order valence-corrected chi connectivity index (χ4v) is 1.77. The highest BCUT2D eigenvalue weighted by Crippen LogP contribution is 2.16. The molecule has 1 atom stereocenters. The van der Waals surface area contributed by atoms with Crippen LogP contribution in [0.1, 0.15) is 6.42 Å². The standard InChI is InChI=1S/C9H13N3OS/c1-14-9-4-8(10-6-11-9)12-7-2-3-13-5-7/h4,6-7H,2-3,5H2,1H3,(H,10,11,12). The van der Waals surface area contributed by atoms with Crippen molar-refractivity contribution >= 4 is 17.6 Å². The molecule has 5 heteroatoms. The summed E-state index contributed by atoms with van der Waals surface area (Å²) in [6, 6.07) is 2.36. The molecule has 0 saturated carbocycles. The van der Waals surface area contributed by atoms with Crippen LogP contribution >= 0.6 is 11.8 Å². The van der Waals surface area contributed by atoms with Crippen LogP contribution in [0, 0.1) is 0 Å². The van der Waals surface area contributed by atoms with Crippen molar-refractivity contribution in [2.24, 2.45) is 0 Å². The van der Waals surface area contributed by atoms with Gasteiger partial charge in [-0.15, -0.1) is 11.8 Å². The first kappa shape index (κ1) is 9.73. The summed E-state index contributed by atoms with van der Waals surface area (Å²) in [7, 11) is 0. The molecule has 2 heterocycles. The maximum atomic E-state index is 5.27. The quantitative estimate of drug-likeness (QED) is 0.605. The average Bonchev–Trinajstić information content (AvgIpc) is 2.71. The predicted molar refractivity (Wildman–Crippen MR) is 56.7 cm³/mol. The van der Waals surface area contributed by atoms with Gasteiger partial charge in [0.1, 0.15) is 17.2 Å². The Hall–Kier alpha value is -0.810. The largest absolute Gasteiger partial charge is 0.379 e. The van der Waals surface area contributed by atoms with Gasteiger partial charge in [0.05, 0.1) is 12.6 Å². The van der Waals surface area contributed by atoms with Gasteiger partial charge >= 0.3 is 0 Å². The molecule has 1 aliphatic heterocycles. The van der Waals surface area contributed by atoms with E-state index < -0.39 is 0 Å². The van der Waals surface area contributed by atoms with E-state index in [2.05, 4.69) is 15.3 Å². The highest BCUT2D eigenvalue weighted by Gasteiger charge is 2.15. The van der Waals surface area contributed by atoms with Gasteiger partial charge in [0.25, 0.3) is 0 Å². The van der Waals surface area contributed by atoms with Crippen molar-refractivity contribution in [1.82, 2.24) is 9.97 Å². The van der Waals surface area contributed by atoms with E-state index in [0.717, 1.165) is 30.5 Å². The number of hydrogen-bond donors (Lipinski definition) is 1. The molecule has 0 amide bonds. The van der Waals surface area contributed by atoms with Gasteiger partial charge in [-0.1, -0.05) is 0 Å². The molecule has 1 saturated heterocycles. The molecule has 1 aliphatic rings. The minimum absolute atomic E-state index is 0.402. The van der Waals surface area contributed by atoms with Gasteiger partial charge in [0, 0.05) is 12.7 Å². The second-order valence-corrected chi connectivity index (χ2v) is 3.98. The molecule has 0 aliphatic carbocycles. The van der Waals surface area contributed by atoms with E-state index in [1.54, 1.807) is 18.1 Å². The van der Waals surface area contributed by atoms with E-state index in [0.29, 0.717) is 6.04 Å². The molecule has 1 N–H and O–H groups in total. The van der Waals surface area contributed by atoms with Crippen LogP contribution in [0.15, 0.2) is 17.4 Å². The minimum Gasteiger partial charge on any atom is -0.379 e. The zero-order valence-corrected chi connectivity index (χ0v) is 8.88. The van der Waals surface area contributed by atoms with Gasteiger partial charge in [-0.05, 0) is 12.7 Å². The van der Waals surface area contributed by atoms with Crippen molar-refractivity contribution in [1.29, 1.82) is 0 Å². The van der Waals surface area contributed by atoms with Gasteiger partial charge in [-0.2, -0.15) is 0 Å². The van der Waals surface area contributed by atoms with E-state index in [1.807, 2.05) is 12.3 Å². The van der Waals surface area contributed by atoms with Gasteiger partial charge in [0.2, 0.25) is 0 Å². The molecule has 0 spiro atoms. The summed E-state index contributed by atoms with van der Waals surface area (Å²) < 4.78 is 5.27. The first-order valence-electron chi connectivity index (χ1n) is 4.59. The molecule has 0 bridgehead atoms. The van der Waals surface area contributed by atoms with Crippen LogP contribution in [0.2, 0.25) is 0 Å².